The zero-order chi connectivity index (χ0) is 23.0. The van der Waals surface area contributed by atoms with Crippen LogP contribution in [-0.2, 0) is 9.70 Å². The predicted molar refractivity (Wildman–Crippen MR) is 139 cm³/mol. The lowest BCUT2D eigenvalue weighted by molar-refractivity contribution is 0.113. The average molecular weight is 447 g/mol. The van der Waals surface area contributed by atoms with E-state index in [0.29, 0.717) is 5.92 Å². The van der Waals surface area contributed by atoms with Crippen molar-refractivity contribution in [1.29, 1.82) is 0 Å². The van der Waals surface area contributed by atoms with Crippen LogP contribution in [0.25, 0.3) is 0 Å². The number of thiol groups is 1. The molecule has 1 N–H and O–H groups in total. The summed E-state index contributed by atoms with van der Waals surface area (Å²) in [5.74, 6) is 0.584. The normalized spacial score (nSPS) is 15.5. The highest BCUT2D eigenvalue weighted by Gasteiger charge is 2.42. The molecule has 0 bridgehead atoms. The molecule has 3 nitrogen and oxygen atoms in total. The van der Waals surface area contributed by atoms with Crippen LogP contribution in [0.15, 0.2) is 55.4 Å². The number of nitrogens with zero attached hydrogens (tertiary/aromatic N) is 1. The van der Waals surface area contributed by atoms with Gasteiger partial charge in [-0.15, -0.1) is 0 Å². The minimum absolute atomic E-state index is 0.0160. The fraction of sp³-hybridized carbons (Fsp3) is 0.630. The van der Waals surface area contributed by atoms with Crippen LogP contribution in [0.1, 0.15) is 91.0 Å². The van der Waals surface area contributed by atoms with Crippen LogP contribution in [0.5, 0.6) is 0 Å². The van der Waals surface area contributed by atoms with Gasteiger partial charge in [-0.05, 0) is 69.4 Å². The van der Waals surface area contributed by atoms with Gasteiger partial charge in [-0.3, -0.25) is 0 Å². The third-order valence-electron chi connectivity index (χ3n) is 6.43. The van der Waals surface area contributed by atoms with Crippen LogP contribution in [-0.4, -0.2) is 17.5 Å². The summed E-state index contributed by atoms with van der Waals surface area (Å²) in [6.07, 6.45) is 16.9. The van der Waals surface area contributed by atoms with Crippen molar-refractivity contribution >= 4 is 12.9 Å². The molecular formula is C27H46N2OS. The summed E-state index contributed by atoms with van der Waals surface area (Å²) in [6, 6.07) is 11.4. The SMILES string of the molecule is C=CN(/C=C\C)CC(CC(CCC)NOS)(c1ccccc1)C(CCC)CCCCC. The quantitative estimate of drug-likeness (QED) is 0.104. The topological polar surface area (TPSA) is 24.5 Å². The Labute approximate surface area is 197 Å². The van der Waals surface area contributed by atoms with Gasteiger partial charge in [0.05, 0.1) is 0 Å². The second-order valence-corrected chi connectivity index (χ2v) is 8.92. The van der Waals surface area contributed by atoms with Gasteiger partial charge in [-0.25, -0.2) is 4.28 Å². The molecule has 0 radical (unpaired) electrons. The molecule has 31 heavy (non-hydrogen) atoms. The molecule has 0 aliphatic rings. The van der Waals surface area contributed by atoms with E-state index in [-0.39, 0.29) is 11.5 Å². The van der Waals surface area contributed by atoms with Crippen LogP contribution < -0.4 is 5.48 Å². The Morgan fingerprint density at radius 1 is 1.06 bits per heavy atom. The molecule has 3 atom stereocenters. The summed E-state index contributed by atoms with van der Waals surface area (Å²) < 4.78 is 5.15. The summed E-state index contributed by atoms with van der Waals surface area (Å²) in [4.78, 5) is 2.26. The van der Waals surface area contributed by atoms with E-state index < -0.39 is 0 Å². The van der Waals surface area contributed by atoms with Crippen molar-refractivity contribution < 1.29 is 4.28 Å². The smallest absolute Gasteiger partial charge is 0.0343 e. The number of allylic oxidation sites excluding steroid dienone is 1. The van der Waals surface area contributed by atoms with Crippen LogP contribution in [0, 0.1) is 5.92 Å². The van der Waals surface area contributed by atoms with Crippen LogP contribution in [0.2, 0.25) is 0 Å². The molecule has 1 aromatic carbocycles. The molecule has 0 fully saturated rings. The van der Waals surface area contributed by atoms with E-state index >= 15 is 0 Å². The molecular weight excluding hydrogens is 400 g/mol. The van der Waals surface area contributed by atoms with Gasteiger partial charge in [0.15, 0.2) is 0 Å². The molecule has 0 amide bonds. The Hall–Kier alpha value is -1.23. The number of hydrogen-bond donors (Lipinski definition) is 2. The highest BCUT2D eigenvalue weighted by Crippen LogP contribution is 2.43. The molecule has 3 unspecified atom stereocenters. The first kappa shape index (κ1) is 27.8. The van der Waals surface area contributed by atoms with E-state index in [1.165, 1.54) is 44.1 Å². The maximum atomic E-state index is 5.15. The molecule has 176 valence electrons. The molecule has 0 aromatic heterocycles. The molecule has 1 aromatic rings. The fourth-order valence-electron chi connectivity index (χ4n) is 5.02. The van der Waals surface area contributed by atoms with E-state index in [2.05, 4.69) is 100 Å². The lowest BCUT2D eigenvalue weighted by Crippen LogP contribution is -2.48. The first-order valence-corrected chi connectivity index (χ1v) is 12.6. The fourth-order valence-corrected chi connectivity index (χ4v) is 5.17. The van der Waals surface area contributed by atoms with Gasteiger partial charge < -0.3 is 4.90 Å². The monoisotopic (exact) mass is 446 g/mol. The first-order valence-electron chi connectivity index (χ1n) is 12.2. The van der Waals surface area contributed by atoms with Crippen LogP contribution >= 0.6 is 12.9 Å². The number of benzene rings is 1. The standard InChI is InChI=1S/C27H46N2OS/c1-6-11-13-18-24(16-7-2)27(23-29(10-5)21-9-4,25-19-14-12-15-20-25)22-26(17-8-3)28-30-31/h9-10,12,14-15,19-21,24,26,28,31H,5-8,11,13,16-18,22-23H2,1-4H3/b21-9-. The third-order valence-corrected chi connectivity index (χ3v) is 6.54. The van der Waals surface area contributed by atoms with Crippen molar-refractivity contribution in [1.82, 2.24) is 10.4 Å². The van der Waals surface area contributed by atoms with Crippen molar-refractivity contribution in [3.05, 3.63) is 61.0 Å². The second-order valence-electron chi connectivity index (χ2n) is 8.74. The molecule has 0 heterocycles. The highest BCUT2D eigenvalue weighted by atomic mass is 32.1. The number of hydroxylamine groups is 1. The number of nitrogens with one attached hydrogen (secondary N) is 1. The van der Waals surface area contributed by atoms with Crippen LogP contribution in [0.3, 0.4) is 0 Å². The van der Waals surface area contributed by atoms with Gasteiger partial charge in [0.1, 0.15) is 0 Å². The number of unbranched alkanes of at least 4 members (excludes halogenated alkanes) is 2. The summed E-state index contributed by atoms with van der Waals surface area (Å²) in [5, 5.41) is 0. The minimum Gasteiger partial charge on any atom is -0.354 e. The summed E-state index contributed by atoms with van der Waals surface area (Å²) in [6.45, 7) is 13.9. The molecule has 4 heteroatoms. The van der Waals surface area contributed by atoms with Gasteiger partial charge in [0.2, 0.25) is 0 Å². The predicted octanol–water partition coefficient (Wildman–Crippen LogP) is 7.82. The average Bonchev–Trinajstić information content (AvgIpc) is 2.78. The summed E-state index contributed by atoms with van der Waals surface area (Å²) >= 11 is 4.02. The van der Waals surface area contributed by atoms with Gasteiger partial charge in [-0.1, -0.05) is 95.9 Å². The molecule has 1 rings (SSSR count). The Balaban J connectivity index is 3.56. The Bertz CT molecular complexity index is 601. The van der Waals surface area contributed by atoms with E-state index in [0.717, 1.165) is 25.8 Å². The molecule has 0 aliphatic heterocycles. The lowest BCUT2D eigenvalue weighted by Gasteiger charge is -2.46. The second kappa shape index (κ2) is 16.4. The molecule has 0 saturated carbocycles. The van der Waals surface area contributed by atoms with Crippen molar-refractivity contribution in [3.63, 3.8) is 0 Å². The maximum Gasteiger partial charge on any atom is 0.0343 e. The van der Waals surface area contributed by atoms with E-state index in [1.807, 2.05) is 6.20 Å². The van der Waals surface area contributed by atoms with Crippen LogP contribution in [0.4, 0.5) is 0 Å². The van der Waals surface area contributed by atoms with Gasteiger partial charge in [-0.2, -0.15) is 5.48 Å². The molecule has 0 spiro atoms. The zero-order valence-electron chi connectivity index (χ0n) is 20.4. The highest BCUT2D eigenvalue weighted by molar-refractivity contribution is 7.75. The maximum absolute atomic E-state index is 5.15. The zero-order valence-corrected chi connectivity index (χ0v) is 21.2. The Morgan fingerprint density at radius 2 is 1.77 bits per heavy atom. The van der Waals surface area contributed by atoms with Gasteiger partial charge in [0, 0.05) is 18.0 Å². The number of hydrogen-bond acceptors (Lipinski definition) is 4. The third kappa shape index (κ3) is 9.03. The lowest BCUT2D eigenvalue weighted by atomic mass is 9.63. The Kier molecular flexibility index (Phi) is 14.7. The van der Waals surface area contributed by atoms with E-state index in [1.54, 1.807) is 0 Å². The summed E-state index contributed by atoms with van der Waals surface area (Å²) in [7, 11) is 0. The van der Waals surface area contributed by atoms with Gasteiger partial charge in [0.25, 0.3) is 0 Å². The van der Waals surface area contributed by atoms with Crippen molar-refractivity contribution in [2.45, 2.75) is 96.9 Å². The largest absolute Gasteiger partial charge is 0.354 e. The van der Waals surface area contributed by atoms with Crippen molar-refractivity contribution in [2.75, 3.05) is 6.54 Å². The van der Waals surface area contributed by atoms with E-state index in [9.17, 15) is 0 Å². The van der Waals surface area contributed by atoms with Crippen molar-refractivity contribution in [2.24, 2.45) is 5.92 Å². The Morgan fingerprint density at radius 3 is 2.32 bits per heavy atom. The molecule has 0 aliphatic carbocycles. The van der Waals surface area contributed by atoms with E-state index in [4.69, 9.17) is 4.28 Å². The van der Waals surface area contributed by atoms with Crippen molar-refractivity contribution in [3.8, 4) is 0 Å². The first-order chi connectivity index (χ1) is 15.1. The van der Waals surface area contributed by atoms with Gasteiger partial charge >= 0.3 is 0 Å². The summed E-state index contributed by atoms with van der Waals surface area (Å²) in [5.41, 5.74) is 4.60. The number of rotatable bonds is 18. The minimum atomic E-state index is -0.0160. The molecule has 0 saturated heterocycles.